The molecule has 1 aliphatic heterocycles. The first-order valence-electron chi connectivity index (χ1n) is 4.49. The van der Waals surface area contributed by atoms with E-state index in [4.69, 9.17) is 29.4 Å². The minimum atomic E-state index is -6.11. The molecule has 1 fully saturated rings. The summed E-state index contributed by atoms with van der Waals surface area (Å²) in [5.41, 5.74) is 0. The number of hydrogen-bond donors (Lipinski definition) is 6. The fourth-order valence-corrected chi connectivity index (χ4v) is 9.46. The van der Waals surface area contributed by atoms with E-state index in [1.807, 2.05) is 0 Å². The molecule has 0 aromatic carbocycles. The molecular weight excluding hydrogens is 720 g/mol. The molecular formula is H6AgNa6O18P6+7. The van der Waals surface area contributed by atoms with Crippen LogP contribution in [-0.4, -0.2) is 29.4 Å². The van der Waals surface area contributed by atoms with Crippen LogP contribution in [0.1, 0.15) is 0 Å². The number of rotatable bonds is 0. The molecule has 0 amide bonds. The van der Waals surface area contributed by atoms with Crippen LogP contribution in [0.5, 0.6) is 0 Å². The molecule has 1 heterocycles. The minimum absolute atomic E-state index is 0. The van der Waals surface area contributed by atoms with E-state index in [0.29, 0.717) is 0 Å². The molecule has 0 unspecified atom stereocenters. The predicted octanol–water partition coefficient (Wildman–Crippen LogP) is -17.3. The Morgan fingerprint density at radius 3 is 0.452 bits per heavy atom. The van der Waals surface area contributed by atoms with E-state index in [0.717, 1.165) is 0 Å². The number of phosphoric acid groups is 6. The summed E-state index contributed by atoms with van der Waals surface area (Å²) in [5.74, 6) is 0. The fourth-order valence-electron chi connectivity index (χ4n) is 0.872. The SMILES string of the molecule is O=P1(O)OP(=O)(O)OP(=O)(O)OP(=O)(O)OP(=O)(O)OP(=O)(O)O1.[Ag+].[Na+].[Na+].[Na+].[Na+].[Na+].[Na+]. The Bertz CT molecular complexity index is 603. The van der Waals surface area contributed by atoms with E-state index in [-0.39, 0.29) is 200 Å². The molecule has 1 aliphatic rings. The normalized spacial score (nSPS) is 42.8. The average molecular weight is 726 g/mol. The fraction of sp³-hybridized carbons (Fsp3) is 0. The van der Waals surface area contributed by atoms with E-state index in [9.17, 15) is 27.4 Å². The molecule has 0 radical (unpaired) electrons. The van der Waals surface area contributed by atoms with E-state index in [2.05, 4.69) is 25.9 Å². The van der Waals surface area contributed by atoms with Crippen molar-refractivity contribution < 1.29 is 282 Å². The molecule has 6 N–H and O–H groups in total. The maximum Gasteiger partial charge on any atom is 1.00 e. The standard InChI is InChI=1S/Ag.6Na.H6O18P6/c;;;;;;;1-19(2)13-20(3,4)15-22(7,8)17-24(11,12)18-23(9,10)16-21(5,6)14-19/h;;;;;;;(H,1,2)(H,3,4)(H,5,6)(H,7,8)(H,9,10)(H,11,12)/q7*+1;. The second-order valence-electron chi connectivity index (χ2n) is 3.30. The Kier molecular flexibility index (Phi) is 36.2. The third kappa shape index (κ3) is 25.1. The van der Waals surface area contributed by atoms with Crippen molar-refractivity contribution in [2.45, 2.75) is 0 Å². The third-order valence-corrected chi connectivity index (χ3v) is 11.1. The zero-order valence-electron chi connectivity index (χ0n) is 16.6. The Morgan fingerprint density at radius 1 is 0.323 bits per heavy atom. The van der Waals surface area contributed by atoms with Crippen molar-refractivity contribution in [1.82, 2.24) is 0 Å². The first-order valence-corrected chi connectivity index (χ1v) is 13.5. The topological polar surface area (TPSA) is 279 Å². The van der Waals surface area contributed by atoms with Crippen LogP contribution in [0.25, 0.3) is 0 Å². The van der Waals surface area contributed by atoms with Gasteiger partial charge in [0.2, 0.25) is 0 Å². The van der Waals surface area contributed by atoms with Gasteiger partial charge in [0.05, 0.1) is 0 Å². The third-order valence-electron chi connectivity index (χ3n) is 1.24. The van der Waals surface area contributed by atoms with Crippen molar-refractivity contribution in [1.29, 1.82) is 0 Å². The quantitative estimate of drug-likeness (QED) is 0.0999. The molecule has 1 saturated heterocycles. The molecule has 31 heteroatoms. The molecule has 0 aliphatic carbocycles. The summed E-state index contributed by atoms with van der Waals surface area (Å²) in [7, 11) is -36.7. The summed E-state index contributed by atoms with van der Waals surface area (Å²) < 4.78 is 86.9. The Balaban J connectivity index is -0.000000165. The van der Waals surface area contributed by atoms with Gasteiger partial charge in [0.1, 0.15) is 0 Å². The van der Waals surface area contributed by atoms with E-state index >= 15 is 0 Å². The first-order chi connectivity index (χ1) is 10.2. The van der Waals surface area contributed by atoms with Crippen LogP contribution in [0, 0.1) is 0 Å². The van der Waals surface area contributed by atoms with Crippen LogP contribution < -0.4 is 177 Å². The summed E-state index contributed by atoms with van der Waals surface area (Å²) in [5, 5.41) is 0. The van der Waals surface area contributed by atoms with E-state index in [1.165, 1.54) is 0 Å². The largest absolute Gasteiger partial charge is 1.00 e. The zero-order chi connectivity index (χ0) is 19.2. The molecule has 0 spiro atoms. The van der Waals surface area contributed by atoms with Gasteiger partial charge in [-0.25, -0.2) is 27.4 Å². The van der Waals surface area contributed by atoms with Gasteiger partial charge in [-0.1, -0.05) is 0 Å². The van der Waals surface area contributed by atoms with Gasteiger partial charge in [-0.05, 0) is 0 Å². The molecule has 0 bridgehead atoms. The van der Waals surface area contributed by atoms with Crippen LogP contribution in [0.4, 0.5) is 0 Å². The van der Waals surface area contributed by atoms with Crippen molar-refractivity contribution in [2.75, 3.05) is 0 Å². The van der Waals surface area contributed by atoms with Gasteiger partial charge in [-0.2, -0.15) is 25.9 Å². The van der Waals surface area contributed by atoms with Crippen molar-refractivity contribution in [3.63, 3.8) is 0 Å². The van der Waals surface area contributed by atoms with Crippen LogP contribution in [-0.2, 0) is 75.6 Å². The van der Waals surface area contributed by atoms with Gasteiger partial charge in [0.25, 0.3) is 0 Å². The van der Waals surface area contributed by atoms with Crippen LogP contribution in [0.2, 0.25) is 0 Å². The summed E-state index contributed by atoms with van der Waals surface area (Å²) in [6.07, 6.45) is 0. The summed E-state index contributed by atoms with van der Waals surface area (Å²) in [4.78, 5) is 53.6. The van der Waals surface area contributed by atoms with Gasteiger partial charge < -0.3 is 29.4 Å². The Labute approximate surface area is 322 Å². The van der Waals surface area contributed by atoms with Crippen molar-refractivity contribution in [3.05, 3.63) is 0 Å². The summed E-state index contributed by atoms with van der Waals surface area (Å²) in [6.45, 7) is 0. The van der Waals surface area contributed by atoms with Gasteiger partial charge in [-0.3, -0.25) is 0 Å². The zero-order valence-corrected chi connectivity index (χ0v) is 35.4. The molecule has 0 saturated carbocycles. The van der Waals surface area contributed by atoms with Crippen molar-refractivity contribution in [3.8, 4) is 0 Å². The van der Waals surface area contributed by atoms with Crippen molar-refractivity contribution >= 4 is 46.9 Å². The maximum atomic E-state index is 11.2. The van der Waals surface area contributed by atoms with Gasteiger partial charge >= 0.3 is 247 Å². The smallest absolute Gasteiger partial charge is 0.302 e. The van der Waals surface area contributed by atoms with Gasteiger partial charge in [-0.15, -0.1) is 0 Å². The molecule has 1 rings (SSSR count). The molecule has 0 aromatic heterocycles. The van der Waals surface area contributed by atoms with E-state index < -0.39 is 46.9 Å². The van der Waals surface area contributed by atoms with Gasteiger partial charge in [0, 0.05) is 0 Å². The second kappa shape index (κ2) is 20.5. The van der Waals surface area contributed by atoms with E-state index in [1.54, 1.807) is 0 Å². The molecule has 18 nitrogen and oxygen atoms in total. The molecule has 154 valence electrons. The summed E-state index contributed by atoms with van der Waals surface area (Å²) in [6, 6.07) is 0. The average Bonchev–Trinajstić information content (AvgIpc) is 1.98. The molecule has 0 atom stereocenters. The van der Waals surface area contributed by atoms with Crippen LogP contribution in [0.3, 0.4) is 0 Å². The van der Waals surface area contributed by atoms with Crippen molar-refractivity contribution in [2.24, 2.45) is 0 Å². The first kappa shape index (κ1) is 54.7. The van der Waals surface area contributed by atoms with Gasteiger partial charge in [0.15, 0.2) is 0 Å². The number of hydrogen-bond acceptors (Lipinski definition) is 12. The summed E-state index contributed by atoms with van der Waals surface area (Å²) >= 11 is 0. The van der Waals surface area contributed by atoms with Crippen LogP contribution >= 0.6 is 46.9 Å². The minimum Gasteiger partial charge on any atom is -0.302 e. The molecule has 0 aromatic rings. The Hall–Kier alpha value is 7.64. The monoisotopic (exact) mass is 725 g/mol. The maximum absolute atomic E-state index is 11.2. The predicted molar refractivity (Wildman–Crippen MR) is 65.5 cm³/mol. The van der Waals surface area contributed by atoms with Crippen LogP contribution in [0.15, 0.2) is 0 Å². The second-order valence-corrected chi connectivity index (χ2v) is 12.8. The Morgan fingerprint density at radius 2 is 0.387 bits per heavy atom. The molecule has 31 heavy (non-hydrogen) atoms.